The lowest BCUT2D eigenvalue weighted by Crippen LogP contribution is -2.38. The van der Waals surface area contributed by atoms with Crippen molar-refractivity contribution in [2.45, 2.75) is 46.1 Å². The monoisotopic (exact) mass is 265 g/mol. The van der Waals surface area contributed by atoms with Gasteiger partial charge >= 0.3 is 0 Å². The van der Waals surface area contributed by atoms with Crippen LogP contribution >= 0.6 is 0 Å². The Morgan fingerprint density at radius 2 is 1.95 bits per heavy atom. The molecule has 106 valence electrons. The minimum Gasteiger partial charge on any atom is -0.444 e. The maximum atomic E-state index is 12.0. The van der Waals surface area contributed by atoms with E-state index in [1.165, 1.54) is 12.8 Å². The highest BCUT2D eigenvalue weighted by Gasteiger charge is 2.15. The third kappa shape index (κ3) is 4.06. The smallest absolute Gasteiger partial charge is 0.236 e. The van der Waals surface area contributed by atoms with Crippen molar-refractivity contribution in [3.05, 3.63) is 17.3 Å². The van der Waals surface area contributed by atoms with E-state index >= 15 is 0 Å². The molecule has 0 aliphatic carbocycles. The molecule has 1 fully saturated rings. The highest BCUT2D eigenvalue weighted by Crippen LogP contribution is 2.10. The zero-order valence-corrected chi connectivity index (χ0v) is 11.9. The van der Waals surface area contributed by atoms with E-state index in [9.17, 15) is 4.79 Å². The summed E-state index contributed by atoms with van der Waals surface area (Å²) in [6, 6.07) is 0. The van der Waals surface area contributed by atoms with Crippen LogP contribution < -0.4 is 5.32 Å². The van der Waals surface area contributed by atoms with E-state index in [0.29, 0.717) is 19.0 Å². The fourth-order valence-corrected chi connectivity index (χ4v) is 2.32. The molecule has 5 nitrogen and oxygen atoms in total. The SMILES string of the molecule is Cc1nc(CNCC(=O)N2CCCCCC2)oc1C. The van der Waals surface area contributed by atoms with Crippen LogP contribution in [0.4, 0.5) is 0 Å². The zero-order valence-electron chi connectivity index (χ0n) is 11.9. The van der Waals surface area contributed by atoms with Gasteiger partial charge in [-0.2, -0.15) is 0 Å². The Morgan fingerprint density at radius 3 is 2.53 bits per heavy atom. The molecule has 5 heteroatoms. The van der Waals surface area contributed by atoms with E-state index < -0.39 is 0 Å². The van der Waals surface area contributed by atoms with Gasteiger partial charge < -0.3 is 9.32 Å². The number of nitrogens with zero attached hydrogens (tertiary/aromatic N) is 2. The van der Waals surface area contributed by atoms with Gasteiger partial charge in [-0.3, -0.25) is 10.1 Å². The highest BCUT2D eigenvalue weighted by molar-refractivity contribution is 5.78. The van der Waals surface area contributed by atoms with Crippen molar-refractivity contribution in [1.82, 2.24) is 15.2 Å². The number of nitrogens with one attached hydrogen (secondary N) is 1. The Hall–Kier alpha value is -1.36. The molecule has 0 saturated carbocycles. The molecule has 1 N–H and O–H groups in total. The van der Waals surface area contributed by atoms with Crippen LogP contribution in [0.1, 0.15) is 43.0 Å². The third-order valence-corrected chi connectivity index (χ3v) is 3.58. The number of oxazole rings is 1. The van der Waals surface area contributed by atoms with Gasteiger partial charge in [0.15, 0.2) is 0 Å². The normalized spacial score (nSPS) is 16.4. The predicted molar refractivity (Wildman–Crippen MR) is 72.7 cm³/mol. The summed E-state index contributed by atoms with van der Waals surface area (Å²) in [7, 11) is 0. The predicted octanol–water partition coefficient (Wildman–Crippen LogP) is 1.78. The van der Waals surface area contributed by atoms with Gasteiger partial charge in [0.2, 0.25) is 11.8 Å². The van der Waals surface area contributed by atoms with Crippen molar-refractivity contribution < 1.29 is 9.21 Å². The van der Waals surface area contributed by atoms with Gasteiger partial charge in [-0.05, 0) is 26.7 Å². The molecule has 19 heavy (non-hydrogen) atoms. The van der Waals surface area contributed by atoms with Crippen LogP contribution in [0.25, 0.3) is 0 Å². The lowest BCUT2D eigenvalue weighted by Gasteiger charge is -2.20. The van der Waals surface area contributed by atoms with Gasteiger partial charge in [0, 0.05) is 13.1 Å². The Balaban J connectivity index is 1.73. The van der Waals surface area contributed by atoms with E-state index in [-0.39, 0.29) is 5.91 Å². The summed E-state index contributed by atoms with van der Waals surface area (Å²) in [4.78, 5) is 18.3. The van der Waals surface area contributed by atoms with Crippen LogP contribution in [0, 0.1) is 13.8 Å². The second-order valence-corrected chi connectivity index (χ2v) is 5.15. The first-order valence-corrected chi connectivity index (χ1v) is 7.08. The first-order chi connectivity index (χ1) is 9.16. The van der Waals surface area contributed by atoms with Crippen LogP contribution in [-0.4, -0.2) is 35.4 Å². The molecule has 0 radical (unpaired) electrons. The Labute approximate surface area is 114 Å². The highest BCUT2D eigenvalue weighted by atomic mass is 16.4. The summed E-state index contributed by atoms with van der Waals surface area (Å²) in [5, 5.41) is 3.11. The molecule has 1 amide bonds. The van der Waals surface area contributed by atoms with Crippen LogP contribution in [-0.2, 0) is 11.3 Å². The quantitative estimate of drug-likeness (QED) is 0.901. The molecule has 1 aromatic rings. The molecule has 0 spiro atoms. The van der Waals surface area contributed by atoms with E-state index in [4.69, 9.17) is 4.42 Å². The van der Waals surface area contributed by atoms with Crippen LogP contribution in [0.2, 0.25) is 0 Å². The lowest BCUT2D eigenvalue weighted by molar-refractivity contribution is -0.130. The van der Waals surface area contributed by atoms with Crippen LogP contribution in [0.15, 0.2) is 4.42 Å². The minimum atomic E-state index is 0.182. The fraction of sp³-hybridized carbons (Fsp3) is 0.714. The number of hydrogen-bond donors (Lipinski definition) is 1. The Morgan fingerprint density at radius 1 is 1.26 bits per heavy atom. The summed E-state index contributed by atoms with van der Waals surface area (Å²) in [5.74, 6) is 1.68. The standard InChI is InChI=1S/C14H23N3O2/c1-11-12(2)19-13(16-11)9-15-10-14(18)17-7-5-3-4-6-8-17/h15H,3-10H2,1-2H3. The number of hydrogen-bond acceptors (Lipinski definition) is 4. The second kappa shape index (κ2) is 6.70. The molecular formula is C14H23N3O2. The largest absolute Gasteiger partial charge is 0.444 e. The van der Waals surface area contributed by atoms with Crippen LogP contribution in [0.3, 0.4) is 0 Å². The molecule has 0 unspecified atom stereocenters. The lowest BCUT2D eigenvalue weighted by atomic mass is 10.2. The topological polar surface area (TPSA) is 58.4 Å². The first-order valence-electron chi connectivity index (χ1n) is 7.08. The van der Waals surface area contributed by atoms with Crippen molar-refractivity contribution >= 4 is 5.91 Å². The summed E-state index contributed by atoms with van der Waals surface area (Å²) < 4.78 is 5.46. The van der Waals surface area contributed by atoms with Crippen molar-refractivity contribution in [3.63, 3.8) is 0 Å². The van der Waals surface area contributed by atoms with Gasteiger partial charge in [0.05, 0.1) is 18.8 Å². The molecule has 1 saturated heterocycles. The number of aromatic nitrogens is 1. The van der Waals surface area contributed by atoms with Gasteiger partial charge in [-0.1, -0.05) is 12.8 Å². The molecule has 2 rings (SSSR count). The minimum absolute atomic E-state index is 0.182. The molecule has 0 aromatic carbocycles. The van der Waals surface area contributed by atoms with Gasteiger partial charge in [-0.25, -0.2) is 4.98 Å². The average molecular weight is 265 g/mol. The second-order valence-electron chi connectivity index (χ2n) is 5.15. The molecule has 1 aliphatic heterocycles. The van der Waals surface area contributed by atoms with Gasteiger partial charge in [-0.15, -0.1) is 0 Å². The van der Waals surface area contributed by atoms with Crippen molar-refractivity contribution in [2.24, 2.45) is 0 Å². The third-order valence-electron chi connectivity index (χ3n) is 3.58. The first kappa shape index (κ1) is 14.1. The molecule has 0 bridgehead atoms. The van der Waals surface area contributed by atoms with Crippen molar-refractivity contribution in [3.8, 4) is 0 Å². The fourth-order valence-electron chi connectivity index (χ4n) is 2.32. The van der Waals surface area contributed by atoms with Crippen molar-refractivity contribution in [2.75, 3.05) is 19.6 Å². The molecule has 1 aromatic heterocycles. The maximum Gasteiger partial charge on any atom is 0.236 e. The summed E-state index contributed by atoms with van der Waals surface area (Å²) in [6.07, 6.45) is 4.74. The number of carbonyl (C=O) groups excluding carboxylic acids is 1. The molecular weight excluding hydrogens is 242 g/mol. The summed E-state index contributed by atoms with van der Waals surface area (Å²) in [5.41, 5.74) is 0.913. The number of rotatable bonds is 4. The van der Waals surface area contributed by atoms with E-state index in [1.807, 2.05) is 18.7 Å². The van der Waals surface area contributed by atoms with Crippen LogP contribution in [0.5, 0.6) is 0 Å². The van der Waals surface area contributed by atoms with E-state index in [0.717, 1.165) is 37.4 Å². The molecule has 2 heterocycles. The number of likely N-dealkylation sites (tertiary alicyclic amines) is 1. The number of aryl methyl sites for hydroxylation is 2. The average Bonchev–Trinajstić information content (AvgIpc) is 2.62. The summed E-state index contributed by atoms with van der Waals surface area (Å²) in [6.45, 7) is 6.49. The Bertz CT molecular complexity index is 401. The van der Waals surface area contributed by atoms with Gasteiger partial charge in [0.25, 0.3) is 0 Å². The molecule has 1 aliphatic rings. The summed E-state index contributed by atoms with van der Waals surface area (Å²) >= 11 is 0. The van der Waals surface area contributed by atoms with E-state index in [1.54, 1.807) is 0 Å². The zero-order chi connectivity index (χ0) is 13.7. The van der Waals surface area contributed by atoms with Crippen molar-refractivity contribution in [1.29, 1.82) is 0 Å². The number of carbonyl (C=O) groups is 1. The Kier molecular flexibility index (Phi) is 4.96. The maximum absolute atomic E-state index is 12.0. The van der Waals surface area contributed by atoms with E-state index in [2.05, 4.69) is 10.3 Å². The van der Waals surface area contributed by atoms with Gasteiger partial charge in [0.1, 0.15) is 5.76 Å². The number of amides is 1. The molecule has 0 atom stereocenters.